The number of benzene rings is 2. The van der Waals surface area contributed by atoms with Crippen molar-refractivity contribution in [3.8, 4) is 5.75 Å². The van der Waals surface area contributed by atoms with Crippen LogP contribution < -0.4 is 20.8 Å². The van der Waals surface area contributed by atoms with Crippen molar-refractivity contribution in [1.82, 2.24) is 4.31 Å². The summed E-state index contributed by atoms with van der Waals surface area (Å²) in [6.07, 6.45) is -0.0719. The predicted molar refractivity (Wildman–Crippen MR) is 116 cm³/mol. The fourth-order valence-electron chi connectivity index (χ4n) is 3.06. The summed E-state index contributed by atoms with van der Waals surface area (Å²) in [5, 5.41) is 8.02. The van der Waals surface area contributed by atoms with Gasteiger partial charge in [-0.05, 0) is 42.5 Å². The van der Waals surface area contributed by atoms with Crippen LogP contribution >= 0.6 is 0 Å². The summed E-state index contributed by atoms with van der Waals surface area (Å²) in [5.41, 5.74) is 6.04. The minimum atomic E-state index is -3.84. The van der Waals surface area contributed by atoms with Crippen molar-refractivity contribution < 1.29 is 27.1 Å². The summed E-state index contributed by atoms with van der Waals surface area (Å²) < 4.78 is 44.5. The number of sulfonamides is 1. The zero-order valence-electron chi connectivity index (χ0n) is 17.6. The van der Waals surface area contributed by atoms with E-state index in [4.69, 9.17) is 10.5 Å². The van der Waals surface area contributed by atoms with Crippen LogP contribution in [0, 0.1) is 5.82 Å². The normalized spacial score (nSPS) is 16.1. The van der Waals surface area contributed by atoms with Crippen LogP contribution in [0.5, 0.6) is 5.75 Å². The number of methoxy groups -OCH3 is 1. The number of rotatable bonds is 7. The molecule has 0 aliphatic carbocycles. The molecule has 10 nitrogen and oxygen atoms in total. The molecule has 170 valence electrons. The van der Waals surface area contributed by atoms with Crippen LogP contribution in [0.3, 0.4) is 0 Å². The number of halogens is 1. The molecule has 0 aromatic heterocycles. The molecule has 12 heteroatoms. The van der Waals surface area contributed by atoms with Crippen LogP contribution in [0.25, 0.3) is 0 Å². The molecule has 32 heavy (non-hydrogen) atoms. The Balaban J connectivity index is 1.89. The Hall–Kier alpha value is -3.51. The number of amides is 2. The van der Waals surface area contributed by atoms with Crippen LogP contribution in [-0.4, -0.2) is 57.5 Å². The van der Waals surface area contributed by atoms with Crippen molar-refractivity contribution >= 4 is 38.9 Å². The second kappa shape index (κ2) is 8.93. The molecule has 0 saturated heterocycles. The van der Waals surface area contributed by atoms with E-state index in [1.54, 1.807) is 0 Å². The summed E-state index contributed by atoms with van der Waals surface area (Å²) in [6.45, 7) is 0. The van der Waals surface area contributed by atoms with Gasteiger partial charge in [0.25, 0.3) is 5.91 Å². The van der Waals surface area contributed by atoms with Crippen LogP contribution in [-0.2, 0) is 19.6 Å². The number of nitrogens with zero attached hydrogens (tertiary/aromatic N) is 3. The van der Waals surface area contributed by atoms with E-state index in [2.05, 4.69) is 10.4 Å². The van der Waals surface area contributed by atoms with Crippen LogP contribution in [0.1, 0.15) is 6.42 Å². The molecule has 0 fully saturated rings. The van der Waals surface area contributed by atoms with Gasteiger partial charge in [-0.25, -0.2) is 17.1 Å². The molecule has 2 aromatic carbocycles. The van der Waals surface area contributed by atoms with Gasteiger partial charge in [-0.15, -0.1) is 0 Å². The van der Waals surface area contributed by atoms with Crippen LogP contribution in [0.15, 0.2) is 52.5 Å². The van der Waals surface area contributed by atoms with Gasteiger partial charge in [0.05, 0.1) is 12.8 Å². The largest absolute Gasteiger partial charge is 0.495 e. The molecule has 0 bridgehead atoms. The molecule has 3 rings (SSSR count). The first-order valence-corrected chi connectivity index (χ1v) is 10.8. The van der Waals surface area contributed by atoms with Crippen LogP contribution in [0.4, 0.5) is 15.8 Å². The molecular formula is C20H22FN5O5S. The van der Waals surface area contributed by atoms with Gasteiger partial charge in [-0.3, -0.25) is 14.6 Å². The molecule has 2 amide bonds. The first-order chi connectivity index (χ1) is 15.0. The summed E-state index contributed by atoms with van der Waals surface area (Å²) in [7, 11) is 0.251. The highest BCUT2D eigenvalue weighted by Crippen LogP contribution is 2.30. The van der Waals surface area contributed by atoms with E-state index in [0.29, 0.717) is 5.69 Å². The van der Waals surface area contributed by atoms with Crippen molar-refractivity contribution in [2.24, 2.45) is 10.8 Å². The summed E-state index contributed by atoms with van der Waals surface area (Å²) >= 11 is 0. The Morgan fingerprint density at radius 2 is 1.88 bits per heavy atom. The smallest absolute Gasteiger partial charge is 0.271 e. The lowest BCUT2D eigenvalue weighted by Gasteiger charge is -2.20. The zero-order chi connectivity index (χ0) is 23.6. The molecule has 3 N–H and O–H groups in total. The molecule has 1 heterocycles. The molecule has 2 aromatic rings. The molecule has 0 saturated carbocycles. The Kier molecular flexibility index (Phi) is 6.46. The number of nitrogens with two attached hydrogens (primary N) is 1. The highest BCUT2D eigenvalue weighted by Gasteiger charge is 2.35. The molecule has 1 unspecified atom stereocenters. The number of hydrogen-bond donors (Lipinski definition) is 2. The second-order valence-corrected chi connectivity index (χ2v) is 9.22. The van der Waals surface area contributed by atoms with E-state index < -0.39 is 33.7 Å². The van der Waals surface area contributed by atoms with E-state index in [-0.39, 0.29) is 28.5 Å². The maximum absolute atomic E-state index is 13.2. The first-order valence-electron chi connectivity index (χ1n) is 9.38. The average Bonchev–Trinajstić information content (AvgIpc) is 3.20. The maximum atomic E-state index is 13.2. The number of nitrogens with one attached hydrogen (secondary N) is 1. The summed E-state index contributed by atoms with van der Waals surface area (Å²) in [4.78, 5) is 24.5. The van der Waals surface area contributed by atoms with E-state index in [0.717, 1.165) is 4.31 Å². The summed E-state index contributed by atoms with van der Waals surface area (Å²) in [5.74, 6) is -1.69. The number of ether oxygens (including phenoxy) is 1. The Labute approximate surface area is 184 Å². The average molecular weight is 463 g/mol. The maximum Gasteiger partial charge on any atom is 0.271 e. The number of hydrogen-bond acceptors (Lipinski definition) is 7. The standard InChI is InChI=1S/C20H22FN5O5S/c1-25(2)32(29,30)18-10-13(6-9-17(18)31-3)23-20(28)15-11-16(19(22)27)26(24-15)14-7-4-12(21)5-8-14/h4-10,16H,11H2,1-3H3,(H2,22,27)(H,23,28). The minimum absolute atomic E-state index is 0.00552. The fourth-order valence-corrected chi connectivity index (χ4v) is 4.13. The predicted octanol–water partition coefficient (Wildman–Crippen LogP) is 1.14. The number of hydrazone groups is 1. The molecule has 0 radical (unpaired) electrons. The lowest BCUT2D eigenvalue weighted by molar-refractivity contribution is -0.119. The highest BCUT2D eigenvalue weighted by atomic mass is 32.2. The van der Waals surface area contributed by atoms with Gasteiger partial charge in [-0.1, -0.05) is 0 Å². The fraction of sp³-hybridized carbons (Fsp3) is 0.250. The van der Waals surface area contributed by atoms with Gasteiger partial charge >= 0.3 is 0 Å². The van der Waals surface area contributed by atoms with E-state index >= 15 is 0 Å². The van der Waals surface area contributed by atoms with Crippen LogP contribution in [0.2, 0.25) is 0 Å². The number of primary amides is 1. The van der Waals surface area contributed by atoms with Gasteiger partial charge in [0.1, 0.15) is 28.2 Å². The summed E-state index contributed by atoms with van der Waals surface area (Å²) in [6, 6.07) is 8.46. The first kappa shape index (κ1) is 23.2. The van der Waals surface area contributed by atoms with Gasteiger partial charge in [0, 0.05) is 26.2 Å². The van der Waals surface area contributed by atoms with E-state index in [1.807, 2.05) is 0 Å². The van der Waals surface area contributed by atoms with Gasteiger partial charge in [0.15, 0.2) is 0 Å². The second-order valence-electron chi connectivity index (χ2n) is 7.10. The van der Waals surface area contributed by atoms with Gasteiger partial charge in [0.2, 0.25) is 15.9 Å². The molecular weight excluding hydrogens is 441 g/mol. The van der Waals surface area contributed by atoms with Crippen molar-refractivity contribution in [2.45, 2.75) is 17.4 Å². The zero-order valence-corrected chi connectivity index (χ0v) is 18.4. The Morgan fingerprint density at radius 1 is 1.22 bits per heavy atom. The Morgan fingerprint density at radius 3 is 2.44 bits per heavy atom. The van der Waals surface area contributed by atoms with Crippen molar-refractivity contribution in [2.75, 3.05) is 31.5 Å². The topological polar surface area (TPSA) is 134 Å². The lowest BCUT2D eigenvalue weighted by Crippen LogP contribution is -2.39. The quantitative estimate of drug-likeness (QED) is 0.632. The third kappa shape index (κ3) is 4.55. The van der Waals surface area contributed by atoms with E-state index in [9.17, 15) is 22.4 Å². The van der Waals surface area contributed by atoms with Gasteiger partial charge in [-0.2, -0.15) is 5.10 Å². The number of carbonyl (C=O) groups excluding carboxylic acids is 2. The van der Waals surface area contributed by atoms with Crippen molar-refractivity contribution in [3.63, 3.8) is 0 Å². The SMILES string of the molecule is COc1ccc(NC(=O)C2=NN(c3ccc(F)cc3)C(C(N)=O)C2)cc1S(=O)(=O)N(C)C. The van der Waals surface area contributed by atoms with Crippen molar-refractivity contribution in [3.05, 3.63) is 48.3 Å². The highest BCUT2D eigenvalue weighted by molar-refractivity contribution is 7.89. The third-order valence-corrected chi connectivity index (χ3v) is 6.61. The molecule has 1 aliphatic rings. The minimum Gasteiger partial charge on any atom is -0.495 e. The monoisotopic (exact) mass is 463 g/mol. The number of anilines is 2. The third-order valence-electron chi connectivity index (χ3n) is 4.77. The lowest BCUT2D eigenvalue weighted by atomic mass is 10.1. The molecule has 1 atom stereocenters. The van der Waals surface area contributed by atoms with E-state index in [1.165, 1.54) is 68.7 Å². The van der Waals surface area contributed by atoms with Gasteiger partial charge < -0.3 is 15.8 Å². The van der Waals surface area contributed by atoms with Crippen molar-refractivity contribution in [1.29, 1.82) is 0 Å². The Bertz CT molecular complexity index is 1180. The molecule has 0 spiro atoms. The number of carbonyl (C=O) groups is 2. The molecule has 1 aliphatic heterocycles.